The Morgan fingerprint density at radius 2 is 2.19 bits per heavy atom. The third-order valence-corrected chi connectivity index (χ3v) is 4.90. The lowest BCUT2D eigenvalue weighted by Crippen LogP contribution is -2.39. The summed E-state index contributed by atoms with van der Waals surface area (Å²) in [6.07, 6.45) is 11.2. The lowest BCUT2D eigenvalue weighted by atomic mass is 9.74. The van der Waals surface area contributed by atoms with Gasteiger partial charge in [0.25, 0.3) is 0 Å². The average molecular weight is 222 g/mol. The first-order chi connectivity index (χ1) is 7.69. The van der Waals surface area contributed by atoms with Gasteiger partial charge in [-0.15, -0.1) is 0 Å². The van der Waals surface area contributed by atoms with Crippen molar-refractivity contribution in [3.8, 4) is 0 Å². The molecular formula is C15H26O. The standard InChI is InChI=1S/C15H26O/c1-4-6-9-15(3,16-5-2)14-11-12-7-8-13(14)10-12/h5,12-14H,2,4,6-11H2,1,3H3. The highest BCUT2D eigenvalue weighted by molar-refractivity contribution is 4.99. The molecule has 0 N–H and O–H groups in total. The summed E-state index contributed by atoms with van der Waals surface area (Å²) in [5.41, 5.74) is 0.0671. The summed E-state index contributed by atoms with van der Waals surface area (Å²) in [5, 5.41) is 0. The summed E-state index contributed by atoms with van der Waals surface area (Å²) in [6.45, 7) is 8.34. The van der Waals surface area contributed by atoms with Crippen LogP contribution >= 0.6 is 0 Å². The molecule has 2 saturated carbocycles. The molecule has 0 aromatic rings. The Kier molecular flexibility index (Phi) is 3.61. The molecule has 4 atom stereocenters. The molecule has 2 fully saturated rings. The second-order valence-electron chi connectivity index (χ2n) is 5.98. The van der Waals surface area contributed by atoms with Gasteiger partial charge < -0.3 is 4.74 Å². The molecule has 0 aliphatic heterocycles. The molecule has 1 heteroatoms. The number of unbranched alkanes of at least 4 members (excludes halogenated alkanes) is 1. The Labute approximate surface area is 100 Å². The number of rotatable bonds is 6. The third-order valence-electron chi connectivity index (χ3n) is 4.90. The topological polar surface area (TPSA) is 9.23 Å². The summed E-state index contributed by atoms with van der Waals surface area (Å²) in [5.74, 6) is 2.73. The highest BCUT2D eigenvalue weighted by Crippen LogP contribution is 2.54. The number of hydrogen-bond acceptors (Lipinski definition) is 1. The maximum absolute atomic E-state index is 5.93. The fourth-order valence-corrected chi connectivity index (χ4v) is 4.04. The van der Waals surface area contributed by atoms with Crippen LogP contribution in [0.3, 0.4) is 0 Å². The quantitative estimate of drug-likeness (QED) is 0.600. The van der Waals surface area contributed by atoms with Crippen LogP contribution < -0.4 is 0 Å². The van der Waals surface area contributed by atoms with Crippen LogP contribution in [0.1, 0.15) is 58.8 Å². The normalized spacial score (nSPS) is 36.0. The van der Waals surface area contributed by atoms with Crippen molar-refractivity contribution in [2.75, 3.05) is 0 Å². The summed E-state index contributed by atoms with van der Waals surface area (Å²) >= 11 is 0. The molecule has 2 aliphatic rings. The largest absolute Gasteiger partial charge is 0.496 e. The highest BCUT2D eigenvalue weighted by atomic mass is 16.5. The molecule has 92 valence electrons. The highest BCUT2D eigenvalue weighted by Gasteiger charge is 2.48. The zero-order chi connectivity index (χ0) is 11.6. The van der Waals surface area contributed by atoms with Gasteiger partial charge in [-0.05, 0) is 50.9 Å². The van der Waals surface area contributed by atoms with E-state index in [1.807, 2.05) is 0 Å². The van der Waals surface area contributed by atoms with Crippen LogP contribution in [0.4, 0.5) is 0 Å². The molecule has 0 amide bonds. The molecule has 2 rings (SSSR count). The van der Waals surface area contributed by atoms with Crippen molar-refractivity contribution in [2.45, 2.75) is 64.4 Å². The minimum Gasteiger partial charge on any atom is -0.496 e. The maximum atomic E-state index is 5.93. The van der Waals surface area contributed by atoms with Gasteiger partial charge in [0, 0.05) is 5.92 Å². The molecule has 0 aromatic carbocycles. The van der Waals surface area contributed by atoms with E-state index in [1.54, 1.807) is 6.26 Å². The summed E-state index contributed by atoms with van der Waals surface area (Å²) < 4.78 is 5.93. The van der Waals surface area contributed by atoms with Crippen LogP contribution in [0.25, 0.3) is 0 Å². The van der Waals surface area contributed by atoms with E-state index in [4.69, 9.17) is 4.74 Å². The molecule has 0 radical (unpaired) electrons. The van der Waals surface area contributed by atoms with Gasteiger partial charge in [-0.1, -0.05) is 26.3 Å². The summed E-state index contributed by atoms with van der Waals surface area (Å²) in [7, 11) is 0. The second kappa shape index (κ2) is 4.81. The molecule has 0 aromatic heterocycles. The Balaban J connectivity index is 2.03. The lowest BCUT2D eigenvalue weighted by molar-refractivity contribution is -0.0444. The van der Waals surface area contributed by atoms with Crippen molar-refractivity contribution in [1.82, 2.24) is 0 Å². The van der Waals surface area contributed by atoms with Gasteiger partial charge in [0.15, 0.2) is 0 Å². The van der Waals surface area contributed by atoms with E-state index >= 15 is 0 Å². The second-order valence-corrected chi connectivity index (χ2v) is 5.98. The molecule has 4 unspecified atom stereocenters. The Morgan fingerprint density at radius 1 is 1.38 bits per heavy atom. The molecule has 2 aliphatic carbocycles. The summed E-state index contributed by atoms with van der Waals surface area (Å²) in [4.78, 5) is 0. The minimum atomic E-state index is 0.0671. The first kappa shape index (κ1) is 12.0. The Hall–Kier alpha value is -0.460. The molecule has 2 bridgehead atoms. The van der Waals surface area contributed by atoms with Crippen molar-refractivity contribution in [2.24, 2.45) is 17.8 Å². The molecular weight excluding hydrogens is 196 g/mol. The van der Waals surface area contributed by atoms with E-state index in [0.29, 0.717) is 0 Å². The fraction of sp³-hybridized carbons (Fsp3) is 0.867. The van der Waals surface area contributed by atoms with E-state index < -0.39 is 0 Å². The van der Waals surface area contributed by atoms with E-state index in [-0.39, 0.29) is 5.60 Å². The molecule has 0 spiro atoms. The van der Waals surface area contributed by atoms with E-state index in [9.17, 15) is 0 Å². The van der Waals surface area contributed by atoms with Crippen LogP contribution in [-0.4, -0.2) is 5.60 Å². The molecule has 1 nitrogen and oxygen atoms in total. The number of ether oxygens (including phenoxy) is 1. The van der Waals surface area contributed by atoms with Gasteiger partial charge in [-0.3, -0.25) is 0 Å². The number of fused-ring (bicyclic) bond motifs is 2. The van der Waals surface area contributed by atoms with Gasteiger partial charge in [0.2, 0.25) is 0 Å². The zero-order valence-electron chi connectivity index (χ0n) is 10.9. The Morgan fingerprint density at radius 3 is 2.69 bits per heavy atom. The third kappa shape index (κ3) is 2.14. The van der Waals surface area contributed by atoms with Gasteiger partial charge >= 0.3 is 0 Å². The van der Waals surface area contributed by atoms with Crippen LogP contribution in [-0.2, 0) is 4.74 Å². The molecule has 0 saturated heterocycles. The first-order valence-electron chi connectivity index (χ1n) is 6.98. The van der Waals surface area contributed by atoms with E-state index in [1.165, 1.54) is 44.9 Å². The van der Waals surface area contributed by atoms with Crippen molar-refractivity contribution in [3.63, 3.8) is 0 Å². The van der Waals surface area contributed by atoms with Crippen LogP contribution in [0.15, 0.2) is 12.8 Å². The van der Waals surface area contributed by atoms with Crippen LogP contribution in [0.5, 0.6) is 0 Å². The van der Waals surface area contributed by atoms with Crippen molar-refractivity contribution in [1.29, 1.82) is 0 Å². The van der Waals surface area contributed by atoms with Crippen LogP contribution in [0.2, 0.25) is 0 Å². The van der Waals surface area contributed by atoms with Gasteiger partial charge in [0.05, 0.1) is 6.26 Å². The number of hydrogen-bond donors (Lipinski definition) is 0. The van der Waals surface area contributed by atoms with E-state index in [0.717, 1.165) is 17.8 Å². The smallest absolute Gasteiger partial charge is 0.108 e. The predicted molar refractivity (Wildman–Crippen MR) is 68.2 cm³/mol. The first-order valence-corrected chi connectivity index (χ1v) is 6.98. The predicted octanol–water partition coefficient (Wildman–Crippen LogP) is 4.53. The molecule has 16 heavy (non-hydrogen) atoms. The van der Waals surface area contributed by atoms with E-state index in [2.05, 4.69) is 20.4 Å². The molecule has 0 heterocycles. The monoisotopic (exact) mass is 222 g/mol. The van der Waals surface area contributed by atoms with Crippen molar-refractivity contribution >= 4 is 0 Å². The van der Waals surface area contributed by atoms with Crippen LogP contribution in [0, 0.1) is 17.8 Å². The van der Waals surface area contributed by atoms with Gasteiger partial charge in [-0.2, -0.15) is 0 Å². The summed E-state index contributed by atoms with van der Waals surface area (Å²) in [6, 6.07) is 0. The average Bonchev–Trinajstić information content (AvgIpc) is 2.88. The van der Waals surface area contributed by atoms with Gasteiger partial charge in [0.1, 0.15) is 5.60 Å². The fourth-order valence-electron chi connectivity index (χ4n) is 4.04. The zero-order valence-corrected chi connectivity index (χ0v) is 10.9. The van der Waals surface area contributed by atoms with Crippen molar-refractivity contribution in [3.05, 3.63) is 12.8 Å². The lowest BCUT2D eigenvalue weighted by Gasteiger charge is -2.39. The minimum absolute atomic E-state index is 0.0671. The van der Waals surface area contributed by atoms with Crippen molar-refractivity contribution < 1.29 is 4.74 Å². The maximum Gasteiger partial charge on any atom is 0.108 e. The van der Waals surface area contributed by atoms with Gasteiger partial charge in [-0.25, -0.2) is 0 Å². The SMILES string of the molecule is C=COC(C)(CCCC)C1CC2CCC1C2. The Bertz CT molecular complexity index is 248.